The number of hydrogen-bond donors (Lipinski definition) is 1. The molecule has 7 nitrogen and oxygen atoms in total. The van der Waals surface area contributed by atoms with Crippen LogP contribution in [0.1, 0.15) is 37.7 Å². The number of halogens is 2. The molecule has 1 aromatic heterocycles. The number of thioether (sulfide) groups is 1. The van der Waals surface area contributed by atoms with Crippen LogP contribution in [0.5, 0.6) is 0 Å². The molecule has 1 saturated heterocycles. The van der Waals surface area contributed by atoms with E-state index in [1.165, 1.54) is 11.8 Å². The Morgan fingerprint density at radius 1 is 1.33 bits per heavy atom. The van der Waals surface area contributed by atoms with Gasteiger partial charge in [-0.1, -0.05) is 41.0 Å². The van der Waals surface area contributed by atoms with Crippen LogP contribution in [-0.4, -0.2) is 45.8 Å². The molecule has 0 spiro atoms. The molecule has 1 fully saturated rings. The van der Waals surface area contributed by atoms with Crippen LogP contribution in [0.3, 0.4) is 0 Å². The molecule has 1 aliphatic heterocycles. The Kier molecular flexibility index (Phi) is 7.37. The smallest absolute Gasteiger partial charge is 0.233 e. The maximum absolute atomic E-state index is 12.7. The first kappa shape index (κ1) is 23.4. The molecule has 0 radical (unpaired) electrons. The Balaban J connectivity index is 1.59. The van der Waals surface area contributed by atoms with Gasteiger partial charge in [-0.2, -0.15) is 0 Å². The first-order valence-corrected chi connectivity index (χ1v) is 13.0. The summed E-state index contributed by atoms with van der Waals surface area (Å²) in [5, 5.41) is 12.6. The molecule has 2 heterocycles. The third kappa shape index (κ3) is 5.69. The molecule has 1 aromatic carbocycles. The van der Waals surface area contributed by atoms with Crippen LogP contribution in [0, 0.1) is 5.92 Å². The zero-order valence-corrected chi connectivity index (χ0v) is 20.1. The fraction of sp³-hybridized carbons (Fsp3) is 0.526. The first-order valence-electron chi connectivity index (χ1n) is 9.56. The molecular formula is C19H24Cl2N4O3S2. The monoisotopic (exact) mass is 490 g/mol. The number of rotatable bonds is 7. The first-order chi connectivity index (χ1) is 14.1. The summed E-state index contributed by atoms with van der Waals surface area (Å²) >= 11 is 13.5. The number of amides is 1. The van der Waals surface area contributed by atoms with E-state index >= 15 is 0 Å². The van der Waals surface area contributed by atoms with Gasteiger partial charge in [-0.05, 0) is 43.9 Å². The molecule has 3 atom stereocenters. The van der Waals surface area contributed by atoms with Crippen LogP contribution in [0.4, 0.5) is 0 Å². The van der Waals surface area contributed by atoms with Crippen LogP contribution in [0.25, 0.3) is 0 Å². The lowest BCUT2D eigenvalue weighted by molar-refractivity contribution is -0.120. The van der Waals surface area contributed by atoms with Gasteiger partial charge < -0.3 is 9.88 Å². The number of nitrogens with zero attached hydrogens (tertiary/aromatic N) is 3. The lowest BCUT2D eigenvalue weighted by atomic mass is 10.1. The SMILES string of the molecule is CC(Sc1nnc(CC2CCS(=O)(=O)C2)n1C)C(=O)NC(C)c1ccc(Cl)cc1Cl. The number of nitrogens with one attached hydrogen (secondary N) is 1. The van der Waals surface area contributed by atoms with Crippen LogP contribution >= 0.6 is 35.0 Å². The maximum atomic E-state index is 12.7. The summed E-state index contributed by atoms with van der Waals surface area (Å²) in [4.78, 5) is 12.7. The fourth-order valence-electron chi connectivity index (χ4n) is 3.39. The summed E-state index contributed by atoms with van der Waals surface area (Å²) in [7, 11) is -1.09. The van der Waals surface area contributed by atoms with Crippen molar-refractivity contribution in [1.29, 1.82) is 0 Å². The molecule has 1 N–H and O–H groups in total. The van der Waals surface area contributed by atoms with Gasteiger partial charge in [-0.15, -0.1) is 10.2 Å². The number of benzene rings is 1. The van der Waals surface area contributed by atoms with Crippen molar-refractivity contribution in [2.45, 2.75) is 43.1 Å². The van der Waals surface area contributed by atoms with E-state index in [1.54, 1.807) is 25.1 Å². The zero-order chi connectivity index (χ0) is 22.1. The van der Waals surface area contributed by atoms with Gasteiger partial charge >= 0.3 is 0 Å². The molecule has 3 rings (SSSR count). The van der Waals surface area contributed by atoms with E-state index in [9.17, 15) is 13.2 Å². The average Bonchev–Trinajstić information content (AvgIpc) is 3.17. The van der Waals surface area contributed by atoms with Crippen LogP contribution in [-0.2, 0) is 28.1 Å². The van der Waals surface area contributed by atoms with E-state index < -0.39 is 15.1 Å². The van der Waals surface area contributed by atoms with E-state index in [0.717, 1.165) is 11.4 Å². The topological polar surface area (TPSA) is 93.9 Å². The Bertz CT molecular complexity index is 1040. The standard InChI is InChI=1S/C19H24Cl2N4O3S2/c1-11(15-5-4-14(20)9-16(15)21)22-18(26)12(2)29-19-24-23-17(25(19)3)8-13-6-7-30(27,28)10-13/h4-5,9,11-13H,6-8,10H2,1-3H3,(H,22,26). The van der Waals surface area contributed by atoms with E-state index in [-0.39, 0.29) is 29.4 Å². The highest BCUT2D eigenvalue weighted by molar-refractivity contribution is 8.00. The molecule has 164 valence electrons. The number of carbonyl (C=O) groups is 1. The highest BCUT2D eigenvalue weighted by Gasteiger charge is 2.29. The largest absolute Gasteiger partial charge is 0.349 e. The summed E-state index contributed by atoms with van der Waals surface area (Å²) in [6.45, 7) is 3.66. The summed E-state index contributed by atoms with van der Waals surface area (Å²) in [5.74, 6) is 1.09. The molecule has 1 aliphatic rings. The second-order valence-corrected chi connectivity index (χ2v) is 12.0. The van der Waals surface area contributed by atoms with E-state index in [1.807, 2.05) is 18.5 Å². The fourth-order valence-corrected chi connectivity index (χ4v) is 6.67. The van der Waals surface area contributed by atoms with E-state index in [0.29, 0.717) is 28.0 Å². The normalized spacial score (nSPS) is 20.1. The summed E-state index contributed by atoms with van der Waals surface area (Å²) in [6.07, 6.45) is 1.22. The van der Waals surface area contributed by atoms with Crippen molar-refractivity contribution in [2.75, 3.05) is 11.5 Å². The van der Waals surface area contributed by atoms with Crippen LogP contribution in [0.15, 0.2) is 23.4 Å². The number of hydrogen-bond acceptors (Lipinski definition) is 6. The number of aromatic nitrogens is 3. The van der Waals surface area contributed by atoms with Gasteiger partial charge in [0.25, 0.3) is 0 Å². The van der Waals surface area contributed by atoms with Gasteiger partial charge in [0.05, 0.1) is 22.8 Å². The summed E-state index contributed by atoms with van der Waals surface area (Å²) in [5.41, 5.74) is 0.791. The predicted molar refractivity (Wildman–Crippen MR) is 120 cm³/mol. The van der Waals surface area contributed by atoms with Crippen molar-refractivity contribution < 1.29 is 13.2 Å². The van der Waals surface area contributed by atoms with Crippen LogP contribution in [0.2, 0.25) is 10.0 Å². The second-order valence-electron chi connectivity index (χ2n) is 7.59. The molecule has 3 unspecified atom stereocenters. The zero-order valence-electron chi connectivity index (χ0n) is 16.9. The van der Waals surface area contributed by atoms with Gasteiger partial charge in [-0.3, -0.25) is 4.79 Å². The van der Waals surface area contributed by atoms with Gasteiger partial charge in [0.15, 0.2) is 15.0 Å². The summed E-state index contributed by atoms with van der Waals surface area (Å²) in [6, 6.07) is 4.91. The molecule has 2 aromatic rings. The lowest BCUT2D eigenvalue weighted by Crippen LogP contribution is -2.33. The predicted octanol–water partition coefficient (Wildman–Crippen LogP) is 3.46. The van der Waals surface area contributed by atoms with Crippen molar-refractivity contribution in [2.24, 2.45) is 13.0 Å². The van der Waals surface area contributed by atoms with Gasteiger partial charge in [0, 0.05) is 23.5 Å². The molecule has 0 aliphatic carbocycles. The molecular weight excluding hydrogens is 467 g/mol. The maximum Gasteiger partial charge on any atom is 0.233 e. The van der Waals surface area contributed by atoms with Gasteiger partial charge in [-0.25, -0.2) is 8.42 Å². The third-order valence-corrected chi connectivity index (χ3v) is 8.70. The minimum Gasteiger partial charge on any atom is -0.349 e. The molecule has 0 saturated carbocycles. The Morgan fingerprint density at radius 2 is 2.07 bits per heavy atom. The highest BCUT2D eigenvalue weighted by atomic mass is 35.5. The van der Waals surface area contributed by atoms with Crippen molar-refractivity contribution in [3.63, 3.8) is 0 Å². The van der Waals surface area contributed by atoms with E-state index in [2.05, 4.69) is 15.5 Å². The Morgan fingerprint density at radius 3 is 2.70 bits per heavy atom. The lowest BCUT2D eigenvalue weighted by Gasteiger charge is -2.18. The molecule has 1 amide bonds. The minimum absolute atomic E-state index is 0.0708. The molecule has 30 heavy (non-hydrogen) atoms. The molecule has 11 heteroatoms. The average molecular weight is 491 g/mol. The van der Waals surface area contributed by atoms with Crippen molar-refractivity contribution in [1.82, 2.24) is 20.1 Å². The van der Waals surface area contributed by atoms with Gasteiger partial charge in [0.1, 0.15) is 5.82 Å². The van der Waals surface area contributed by atoms with E-state index in [4.69, 9.17) is 23.2 Å². The number of carbonyl (C=O) groups excluding carboxylic acids is 1. The highest BCUT2D eigenvalue weighted by Crippen LogP contribution is 2.28. The molecule has 0 bridgehead atoms. The second kappa shape index (κ2) is 9.46. The number of sulfone groups is 1. The van der Waals surface area contributed by atoms with Crippen molar-refractivity contribution in [3.8, 4) is 0 Å². The minimum atomic E-state index is -2.92. The quantitative estimate of drug-likeness (QED) is 0.597. The third-order valence-electron chi connectivity index (χ3n) is 5.16. The van der Waals surface area contributed by atoms with Crippen molar-refractivity contribution >= 4 is 50.7 Å². The van der Waals surface area contributed by atoms with Gasteiger partial charge in [0.2, 0.25) is 5.91 Å². The Labute approximate surface area is 190 Å². The Hall–Kier alpha value is -1.29. The summed E-state index contributed by atoms with van der Waals surface area (Å²) < 4.78 is 25.2. The van der Waals surface area contributed by atoms with Crippen LogP contribution < -0.4 is 5.32 Å². The van der Waals surface area contributed by atoms with Crippen molar-refractivity contribution in [3.05, 3.63) is 39.6 Å².